The Kier molecular flexibility index (Phi) is 4.48. The molecule has 0 bridgehead atoms. The van der Waals surface area contributed by atoms with Crippen LogP contribution in [0.3, 0.4) is 0 Å². The van der Waals surface area contributed by atoms with Gasteiger partial charge in [0.1, 0.15) is 0 Å². The molecule has 0 aromatic heterocycles. The first-order chi connectivity index (χ1) is 9.24. The zero-order chi connectivity index (χ0) is 14.9. The van der Waals surface area contributed by atoms with Gasteiger partial charge in [-0.3, -0.25) is 4.99 Å². The Morgan fingerprint density at radius 2 is 1.80 bits per heavy atom. The summed E-state index contributed by atoms with van der Waals surface area (Å²) in [7, 11) is 0. The first-order valence-electron chi connectivity index (χ1n) is 7.30. The average molecular weight is 290 g/mol. The summed E-state index contributed by atoms with van der Waals surface area (Å²) in [6.45, 7) is 14.3. The smallest absolute Gasteiger partial charge is 0.161 e. The SMILES string of the molecule is Cc1cc(C)c(NC2=NCC(CC(C)(C)C)S2)c(C)c1. The van der Waals surface area contributed by atoms with Gasteiger partial charge >= 0.3 is 0 Å². The Morgan fingerprint density at radius 1 is 1.20 bits per heavy atom. The van der Waals surface area contributed by atoms with Crippen LogP contribution in [0.4, 0.5) is 5.69 Å². The molecule has 20 heavy (non-hydrogen) atoms. The van der Waals surface area contributed by atoms with Crippen molar-refractivity contribution in [2.24, 2.45) is 10.4 Å². The number of rotatable bonds is 2. The summed E-state index contributed by atoms with van der Waals surface area (Å²) in [5.41, 5.74) is 5.50. The maximum Gasteiger partial charge on any atom is 0.161 e. The molecule has 110 valence electrons. The van der Waals surface area contributed by atoms with Gasteiger partial charge in [0.05, 0.1) is 6.54 Å². The number of aryl methyl sites for hydroxylation is 3. The average Bonchev–Trinajstić information content (AvgIpc) is 2.68. The van der Waals surface area contributed by atoms with Gasteiger partial charge in [0.25, 0.3) is 0 Å². The van der Waals surface area contributed by atoms with Crippen LogP contribution in [-0.2, 0) is 0 Å². The van der Waals surface area contributed by atoms with E-state index in [0.717, 1.165) is 11.7 Å². The van der Waals surface area contributed by atoms with Crippen LogP contribution < -0.4 is 5.32 Å². The molecule has 1 aromatic rings. The van der Waals surface area contributed by atoms with E-state index in [1.54, 1.807) is 0 Å². The molecule has 2 nitrogen and oxygen atoms in total. The van der Waals surface area contributed by atoms with E-state index in [-0.39, 0.29) is 0 Å². The molecule has 0 amide bonds. The van der Waals surface area contributed by atoms with Crippen LogP contribution in [-0.4, -0.2) is 17.0 Å². The van der Waals surface area contributed by atoms with Gasteiger partial charge < -0.3 is 5.32 Å². The van der Waals surface area contributed by atoms with Crippen molar-refractivity contribution >= 4 is 22.6 Å². The van der Waals surface area contributed by atoms with Gasteiger partial charge in [-0.2, -0.15) is 0 Å². The standard InChI is InChI=1S/C17H26N2S/c1-11-7-12(2)15(13(3)8-11)19-16-18-10-14(20-16)9-17(4,5)6/h7-8,14H,9-10H2,1-6H3,(H,18,19). The third-order valence-electron chi connectivity index (χ3n) is 3.47. The summed E-state index contributed by atoms with van der Waals surface area (Å²) < 4.78 is 0. The molecule has 1 unspecified atom stereocenters. The Morgan fingerprint density at radius 3 is 2.35 bits per heavy atom. The van der Waals surface area contributed by atoms with Crippen LogP contribution in [0.5, 0.6) is 0 Å². The summed E-state index contributed by atoms with van der Waals surface area (Å²) in [6.07, 6.45) is 1.21. The van der Waals surface area contributed by atoms with Crippen molar-refractivity contribution in [3.63, 3.8) is 0 Å². The molecular formula is C17H26N2S. The topological polar surface area (TPSA) is 24.4 Å². The van der Waals surface area contributed by atoms with Crippen LogP contribution >= 0.6 is 11.8 Å². The van der Waals surface area contributed by atoms with E-state index in [9.17, 15) is 0 Å². The highest BCUT2D eigenvalue weighted by molar-refractivity contribution is 8.15. The van der Waals surface area contributed by atoms with Gasteiger partial charge in [-0.05, 0) is 43.7 Å². The fourth-order valence-corrected chi connectivity index (χ4v) is 4.12. The van der Waals surface area contributed by atoms with Crippen molar-refractivity contribution in [2.75, 3.05) is 11.9 Å². The van der Waals surface area contributed by atoms with Crippen molar-refractivity contribution in [2.45, 2.75) is 53.2 Å². The minimum atomic E-state index is 0.373. The number of hydrogen-bond donors (Lipinski definition) is 1. The number of nitrogens with one attached hydrogen (secondary N) is 1. The Bertz CT molecular complexity index is 503. The van der Waals surface area contributed by atoms with E-state index in [4.69, 9.17) is 0 Å². The molecule has 0 spiro atoms. The second kappa shape index (κ2) is 5.80. The zero-order valence-corrected chi connectivity index (χ0v) is 14.3. The van der Waals surface area contributed by atoms with Crippen molar-refractivity contribution in [3.05, 3.63) is 28.8 Å². The van der Waals surface area contributed by atoms with E-state index in [1.807, 2.05) is 11.8 Å². The van der Waals surface area contributed by atoms with E-state index in [1.165, 1.54) is 28.8 Å². The van der Waals surface area contributed by atoms with Gasteiger partial charge in [0.2, 0.25) is 0 Å². The van der Waals surface area contributed by atoms with E-state index < -0.39 is 0 Å². The Labute approximate surface area is 127 Å². The van der Waals surface area contributed by atoms with Crippen LogP contribution in [0.25, 0.3) is 0 Å². The van der Waals surface area contributed by atoms with Crippen LogP contribution in [0.1, 0.15) is 43.9 Å². The lowest BCUT2D eigenvalue weighted by molar-refractivity contribution is 0.375. The summed E-state index contributed by atoms with van der Waals surface area (Å²) in [6, 6.07) is 4.45. The molecule has 1 aliphatic rings. The first kappa shape index (κ1) is 15.4. The molecule has 0 radical (unpaired) electrons. The number of benzene rings is 1. The predicted molar refractivity (Wildman–Crippen MR) is 92.0 cm³/mol. The van der Waals surface area contributed by atoms with Gasteiger partial charge in [-0.1, -0.05) is 50.2 Å². The molecule has 3 heteroatoms. The Hall–Kier alpha value is -0.960. The number of amidine groups is 1. The van der Waals surface area contributed by atoms with Crippen molar-refractivity contribution < 1.29 is 0 Å². The van der Waals surface area contributed by atoms with E-state index >= 15 is 0 Å². The van der Waals surface area contributed by atoms with Crippen molar-refractivity contribution in [3.8, 4) is 0 Å². The van der Waals surface area contributed by atoms with Crippen molar-refractivity contribution in [1.82, 2.24) is 0 Å². The third-order valence-corrected chi connectivity index (χ3v) is 4.57. The van der Waals surface area contributed by atoms with Gasteiger partial charge in [-0.25, -0.2) is 0 Å². The van der Waals surface area contributed by atoms with Gasteiger partial charge in [0, 0.05) is 10.9 Å². The first-order valence-corrected chi connectivity index (χ1v) is 8.18. The highest BCUT2D eigenvalue weighted by Gasteiger charge is 2.25. The highest BCUT2D eigenvalue weighted by Crippen LogP contribution is 2.33. The third kappa shape index (κ3) is 4.02. The number of aliphatic imine (C=N–C) groups is 1. The molecule has 1 heterocycles. The molecule has 0 saturated heterocycles. The molecule has 0 fully saturated rings. The largest absolute Gasteiger partial charge is 0.335 e. The number of nitrogens with zero attached hydrogens (tertiary/aromatic N) is 1. The summed E-state index contributed by atoms with van der Waals surface area (Å²) >= 11 is 1.89. The number of anilines is 1. The second-order valence-corrected chi connectivity index (χ2v) is 8.34. The highest BCUT2D eigenvalue weighted by atomic mass is 32.2. The van der Waals surface area contributed by atoms with Gasteiger partial charge in [-0.15, -0.1) is 0 Å². The molecule has 1 aliphatic heterocycles. The lowest BCUT2D eigenvalue weighted by Gasteiger charge is -2.21. The lowest BCUT2D eigenvalue weighted by Crippen LogP contribution is -2.16. The van der Waals surface area contributed by atoms with Crippen LogP contribution in [0.15, 0.2) is 17.1 Å². The molecule has 1 atom stereocenters. The molecule has 1 aromatic carbocycles. The van der Waals surface area contributed by atoms with Crippen LogP contribution in [0, 0.1) is 26.2 Å². The maximum atomic E-state index is 4.67. The fourth-order valence-electron chi connectivity index (χ4n) is 2.76. The fraction of sp³-hybridized carbons (Fsp3) is 0.588. The molecule has 0 aliphatic carbocycles. The Balaban J connectivity index is 2.03. The molecule has 1 N–H and O–H groups in total. The molecular weight excluding hydrogens is 264 g/mol. The van der Waals surface area contributed by atoms with Crippen molar-refractivity contribution in [1.29, 1.82) is 0 Å². The van der Waals surface area contributed by atoms with Crippen LogP contribution in [0.2, 0.25) is 0 Å². The van der Waals surface area contributed by atoms with E-state index in [2.05, 4.69) is 64.0 Å². The monoisotopic (exact) mass is 290 g/mol. The molecule has 0 saturated carbocycles. The number of hydrogen-bond acceptors (Lipinski definition) is 3. The maximum absolute atomic E-state index is 4.67. The quantitative estimate of drug-likeness (QED) is 0.835. The predicted octanol–water partition coefficient (Wildman–Crippen LogP) is 4.93. The van der Waals surface area contributed by atoms with Gasteiger partial charge in [0.15, 0.2) is 5.17 Å². The normalized spacial score (nSPS) is 19.1. The summed E-state index contributed by atoms with van der Waals surface area (Å²) in [4.78, 5) is 4.67. The van der Waals surface area contributed by atoms with E-state index in [0.29, 0.717) is 10.7 Å². The second-order valence-electron chi connectivity index (χ2n) is 7.05. The minimum Gasteiger partial charge on any atom is -0.335 e. The molecule has 2 rings (SSSR count). The minimum absolute atomic E-state index is 0.373. The summed E-state index contributed by atoms with van der Waals surface area (Å²) in [5.74, 6) is 0. The zero-order valence-electron chi connectivity index (χ0n) is 13.5. The number of thioether (sulfide) groups is 1. The summed E-state index contributed by atoms with van der Waals surface area (Å²) in [5, 5.41) is 5.23. The lowest BCUT2D eigenvalue weighted by atomic mass is 9.90.